The zero-order valence-corrected chi connectivity index (χ0v) is 25.8. The fourth-order valence-electron chi connectivity index (χ4n) is 8.08. The van der Waals surface area contributed by atoms with Gasteiger partial charge in [-0.05, 0) is 41.5 Å². The molecule has 16 heteroatoms. The van der Waals surface area contributed by atoms with Crippen LogP contribution in [0.3, 0.4) is 0 Å². The van der Waals surface area contributed by atoms with Crippen molar-refractivity contribution >= 4 is 35.3 Å². The van der Waals surface area contributed by atoms with E-state index in [4.69, 9.17) is 5.73 Å². The van der Waals surface area contributed by atoms with Gasteiger partial charge in [0.1, 0.15) is 24.8 Å². The second-order valence-electron chi connectivity index (χ2n) is 13.0. The van der Waals surface area contributed by atoms with Crippen molar-refractivity contribution in [2.45, 2.75) is 75.7 Å². The van der Waals surface area contributed by atoms with Gasteiger partial charge in [0, 0.05) is 61.3 Å². The van der Waals surface area contributed by atoms with Crippen molar-refractivity contribution in [1.29, 1.82) is 0 Å². The number of β-amino-alcohol motifs (C(OH)–C–C–N with tert-alkyl or cyclic N) is 1. The van der Waals surface area contributed by atoms with Gasteiger partial charge in [-0.3, -0.25) is 19.3 Å². The van der Waals surface area contributed by atoms with Crippen LogP contribution in [0.15, 0.2) is 16.9 Å². The first-order chi connectivity index (χ1) is 21.0. The van der Waals surface area contributed by atoms with Gasteiger partial charge in [0.15, 0.2) is 5.78 Å². The fourth-order valence-corrected chi connectivity index (χ4v) is 9.55. The van der Waals surface area contributed by atoms with E-state index in [1.807, 2.05) is 18.7 Å². The topological polar surface area (TPSA) is 200 Å². The highest BCUT2D eigenvalue weighted by Gasteiger charge is 2.60. The Labute approximate surface area is 259 Å². The van der Waals surface area contributed by atoms with E-state index >= 15 is 0 Å². The summed E-state index contributed by atoms with van der Waals surface area (Å²) in [5, 5.41) is 33.9. The van der Waals surface area contributed by atoms with E-state index in [1.165, 1.54) is 27.7 Å². The Hall–Kier alpha value is -2.92. The van der Waals surface area contributed by atoms with Crippen molar-refractivity contribution < 1.29 is 29.4 Å². The molecule has 44 heavy (non-hydrogen) atoms. The first-order valence-corrected chi connectivity index (χ1v) is 16.3. The maximum atomic E-state index is 13.6. The molecule has 5 aliphatic rings. The molecule has 6 rings (SSSR count). The highest BCUT2D eigenvalue weighted by Crippen LogP contribution is 2.53. The van der Waals surface area contributed by atoms with Crippen LogP contribution in [0.4, 0.5) is 0 Å². The smallest absolute Gasteiger partial charge is 0.353 e. The quantitative estimate of drug-likeness (QED) is 0.166. The zero-order valence-electron chi connectivity index (χ0n) is 25.0. The summed E-state index contributed by atoms with van der Waals surface area (Å²) in [6.45, 7) is 7.18. The molecule has 9 atom stereocenters. The van der Waals surface area contributed by atoms with Gasteiger partial charge in [0.25, 0.3) is 0 Å². The molecular weight excluding hydrogens is 590 g/mol. The number of carboxylic acid groups (broad SMARTS) is 1. The van der Waals surface area contributed by atoms with Gasteiger partial charge in [-0.1, -0.05) is 13.8 Å². The molecule has 3 unspecified atom stereocenters. The van der Waals surface area contributed by atoms with Crippen LogP contribution in [-0.2, 0) is 25.7 Å². The molecular formula is C28H41N9O6S. The van der Waals surface area contributed by atoms with E-state index in [2.05, 4.69) is 25.7 Å². The van der Waals surface area contributed by atoms with E-state index < -0.39 is 18.1 Å². The minimum absolute atomic E-state index is 0.00965. The Bertz CT molecular complexity index is 1320. The molecule has 1 aromatic rings. The SMILES string of the molecule is C[C@@H](CC(=O)Cn1cnnn1)[C@H]1C(=O)N2C(C(=O)O)=C(S[C@@H]3CN[C@H](C(=O)N4CCC5CN(CC(N)O)CCC54)C3)[C@H](C)[C@H]12. The van der Waals surface area contributed by atoms with Crippen LogP contribution in [0.25, 0.3) is 0 Å². The first kappa shape index (κ1) is 31.1. The number of nitrogens with one attached hydrogen (secondary N) is 1. The molecule has 0 saturated carbocycles. The molecule has 4 saturated heterocycles. The summed E-state index contributed by atoms with van der Waals surface area (Å²) >= 11 is 1.47. The number of fused-ring (bicyclic) bond motifs is 2. The van der Waals surface area contributed by atoms with Crippen molar-refractivity contribution in [3.05, 3.63) is 16.9 Å². The lowest BCUT2D eigenvalue weighted by Gasteiger charge is -2.47. The van der Waals surface area contributed by atoms with Gasteiger partial charge in [-0.15, -0.1) is 16.9 Å². The number of carboxylic acids is 1. The second kappa shape index (κ2) is 12.5. The van der Waals surface area contributed by atoms with Gasteiger partial charge >= 0.3 is 5.97 Å². The number of likely N-dealkylation sites (tertiary alicyclic amines) is 2. The third kappa shape index (κ3) is 5.77. The monoisotopic (exact) mass is 631 g/mol. The van der Waals surface area contributed by atoms with E-state index in [9.17, 15) is 29.4 Å². The van der Waals surface area contributed by atoms with E-state index in [-0.39, 0.29) is 71.5 Å². The van der Waals surface area contributed by atoms with Gasteiger partial charge in [-0.25, -0.2) is 9.48 Å². The first-order valence-electron chi connectivity index (χ1n) is 15.4. The molecule has 0 spiro atoms. The number of rotatable bonds is 11. The van der Waals surface area contributed by atoms with E-state index in [0.717, 1.165) is 25.9 Å². The number of aromatic nitrogens is 4. The molecule has 5 aliphatic heterocycles. The normalized spacial score (nSPS) is 33.3. The average molecular weight is 632 g/mol. The fraction of sp³-hybridized carbons (Fsp3) is 0.750. The van der Waals surface area contributed by atoms with Gasteiger partial charge in [-0.2, -0.15) is 0 Å². The van der Waals surface area contributed by atoms with Gasteiger partial charge in [0.2, 0.25) is 11.8 Å². The van der Waals surface area contributed by atoms with Gasteiger partial charge in [0.05, 0.1) is 18.0 Å². The number of hydrogen-bond donors (Lipinski definition) is 4. The number of nitrogens with zero attached hydrogens (tertiary/aromatic N) is 7. The number of tetrazole rings is 1. The van der Waals surface area contributed by atoms with Crippen molar-refractivity contribution in [2.75, 3.05) is 32.7 Å². The van der Waals surface area contributed by atoms with Crippen LogP contribution in [0.1, 0.15) is 39.5 Å². The Morgan fingerprint density at radius 1 is 1.25 bits per heavy atom. The Morgan fingerprint density at radius 2 is 2.05 bits per heavy atom. The minimum atomic E-state index is -1.13. The average Bonchev–Trinajstić information content (AvgIpc) is 3.75. The number of β-lactam (4-membered cyclic amide) rings is 1. The second-order valence-corrected chi connectivity index (χ2v) is 14.3. The summed E-state index contributed by atoms with van der Waals surface area (Å²) < 4.78 is 1.34. The van der Waals surface area contributed by atoms with Crippen molar-refractivity contribution in [1.82, 2.24) is 40.2 Å². The third-order valence-electron chi connectivity index (χ3n) is 10.0. The lowest BCUT2D eigenvalue weighted by molar-refractivity contribution is -0.160. The van der Waals surface area contributed by atoms with Crippen LogP contribution >= 0.6 is 11.8 Å². The Kier molecular flexibility index (Phi) is 8.80. The molecule has 0 aromatic carbocycles. The molecule has 2 amide bonds. The van der Waals surface area contributed by atoms with Crippen molar-refractivity contribution in [3.8, 4) is 0 Å². The summed E-state index contributed by atoms with van der Waals surface area (Å²) in [6.07, 6.45) is 3.03. The largest absolute Gasteiger partial charge is 0.477 e. The van der Waals surface area contributed by atoms with Crippen LogP contribution in [0, 0.1) is 23.7 Å². The molecule has 6 heterocycles. The number of aliphatic hydroxyl groups excluding tert-OH is 1. The summed E-state index contributed by atoms with van der Waals surface area (Å²) in [6, 6.07) is -0.462. The zero-order chi connectivity index (χ0) is 31.3. The molecule has 0 radical (unpaired) electrons. The van der Waals surface area contributed by atoms with Crippen LogP contribution in [-0.4, -0.2) is 131 Å². The Morgan fingerprint density at radius 3 is 2.75 bits per heavy atom. The number of carbonyl (C=O) groups excluding carboxylic acids is 3. The van der Waals surface area contributed by atoms with E-state index in [1.54, 1.807) is 0 Å². The van der Waals surface area contributed by atoms with Crippen LogP contribution in [0.5, 0.6) is 0 Å². The predicted octanol–water partition coefficient (Wildman–Crippen LogP) is -1.30. The lowest BCUT2D eigenvalue weighted by atomic mass is 9.73. The molecule has 0 aliphatic carbocycles. The number of aliphatic hydroxyl groups is 1. The lowest BCUT2D eigenvalue weighted by Crippen LogP contribution is -2.62. The maximum absolute atomic E-state index is 13.6. The van der Waals surface area contributed by atoms with Crippen LogP contribution < -0.4 is 11.1 Å². The Balaban J connectivity index is 1.06. The summed E-state index contributed by atoms with van der Waals surface area (Å²) in [4.78, 5) is 58.2. The van der Waals surface area contributed by atoms with E-state index in [0.29, 0.717) is 36.9 Å². The number of carbonyl (C=O) groups is 4. The summed E-state index contributed by atoms with van der Waals surface area (Å²) in [5.74, 6) is -1.93. The number of amides is 2. The number of Topliss-reactive ketones (excluding diaryl/α,β-unsaturated/α-hetero) is 1. The predicted molar refractivity (Wildman–Crippen MR) is 157 cm³/mol. The number of hydrogen-bond acceptors (Lipinski definition) is 12. The summed E-state index contributed by atoms with van der Waals surface area (Å²) in [7, 11) is 0. The molecule has 240 valence electrons. The van der Waals surface area contributed by atoms with Crippen molar-refractivity contribution in [2.24, 2.45) is 29.4 Å². The standard InChI is InChI=1S/C28H41N9O6S/c1-14(7-17(38)11-35-13-31-32-33-35)22-23-15(2)25(24(28(42)43)37(23)27(22)41)44-18-8-19(30-9-18)26(40)36-6-3-16-10-34(12-21(29)39)5-4-20(16)36/h13-16,18-23,30,39H,3-12,29H2,1-2H3,(H,42,43)/t14-,15+,16?,18-,19-,20?,21?,22+,23+/m0/s1. The molecule has 0 bridgehead atoms. The highest BCUT2D eigenvalue weighted by molar-refractivity contribution is 8.03. The molecule has 15 nitrogen and oxygen atoms in total. The number of thioether (sulfide) groups is 1. The highest BCUT2D eigenvalue weighted by atomic mass is 32.2. The van der Waals surface area contributed by atoms with Gasteiger partial charge < -0.3 is 31.1 Å². The number of piperidine rings is 1. The summed E-state index contributed by atoms with van der Waals surface area (Å²) in [5.41, 5.74) is 5.61. The maximum Gasteiger partial charge on any atom is 0.353 e. The molecule has 5 N–H and O–H groups in total. The van der Waals surface area contributed by atoms with Crippen LogP contribution in [0.2, 0.25) is 0 Å². The minimum Gasteiger partial charge on any atom is -0.477 e. The third-order valence-corrected chi connectivity index (χ3v) is 11.5. The number of ketones is 1. The molecule has 4 fully saturated rings. The van der Waals surface area contributed by atoms with Crippen molar-refractivity contribution in [3.63, 3.8) is 0 Å². The number of nitrogens with two attached hydrogens (primary N) is 1. The number of aliphatic carboxylic acids is 1. The molecule has 1 aromatic heterocycles.